The fraction of sp³-hybridized carbons (Fsp3) is 0.479. The first kappa shape index (κ1) is 89.6. The van der Waals surface area contributed by atoms with Crippen LogP contribution in [0.2, 0.25) is 5.28 Å². The number of nitrogens with one attached hydrogen (secondary N) is 7. The molecule has 0 saturated heterocycles. The molecule has 10 rings (SSSR count). The van der Waals surface area contributed by atoms with E-state index in [1.54, 1.807) is 32.3 Å². The van der Waals surface area contributed by atoms with Gasteiger partial charge in [0, 0.05) is 59.2 Å². The number of carbonyl (C=O) groups excluding carboxylic acids is 2. The summed E-state index contributed by atoms with van der Waals surface area (Å²) in [6.07, 6.45) is 1.03. The van der Waals surface area contributed by atoms with Crippen LogP contribution in [-0.4, -0.2) is 197 Å². The van der Waals surface area contributed by atoms with Gasteiger partial charge in [0.05, 0.1) is 95.8 Å². The predicted molar refractivity (Wildman–Crippen MR) is 419 cm³/mol. The summed E-state index contributed by atoms with van der Waals surface area (Å²) in [5.41, 5.74) is 17.9. The Morgan fingerprint density at radius 2 is 0.839 bits per heavy atom. The van der Waals surface area contributed by atoms with E-state index in [0.29, 0.717) is 67.4 Å². The van der Waals surface area contributed by atoms with Crippen LogP contribution in [0, 0.1) is 34.1 Å². The zero-order chi connectivity index (χ0) is 83.2. The smallest absolute Gasteiger partial charge is 0.392 e. The summed E-state index contributed by atoms with van der Waals surface area (Å²) in [7, 11) is 18.1. The lowest BCUT2D eigenvalue weighted by molar-refractivity contribution is -0.387. The second-order valence-electron chi connectivity index (χ2n) is 26.7. The van der Waals surface area contributed by atoms with Gasteiger partial charge in [-0.15, -0.1) is 0 Å². The molecule has 0 saturated carbocycles. The van der Waals surface area contributed by atoms with Gasteiger partial charge in [-0.05, 0) is 171 Å². The van der Waals surface area contributed by atoms with Gasteiger partial charge in [0.25, 0.3) is 11.8 Å². The molecule has 2 aliphatic rings. The van der Waals surface area contributed by atoms with Crippen molar-refractivity contribution in [3.63, 3.8) is 0 Å². The van der Waals surface area contributed by atoms with E-state index in [1.165, 1.54) is 72.9 Å². The SMILES string of the molecule is CNCCN.CNCCNc1nc(OC)c(N)c(OC)n1.CNCCNc1nc(OC)c([N+](=O)[O-])c(OC)n1.COc1nc(Cl)nc(OC)c1[N+](=O)[O-].COc1nc(NCN(C)C(=O)c2ccc(Cc3cc4c(cc3C)C(C)(C)OC4(C)C)o2)nc(OC)c1NC(=O)c1ccc(Cc2cc3c(cc2C)C(C)(C)OC3(C)C)o1. The van der Waals surface area contributed by atoms with Crippen LogP contribution in [-0.2, 0) is 44.7 Å². The molecular formula is C73H103ClN20O18. The maximum atomic E-state index is 13.5. The van der Waals surface area contributed by atoms with E-state index in [9.17, 15) is 29.8 Å². The second-order valence-corrected chi connectivity index (χ2v) is 27.1. The molecular weight excluding hydrogens is 1480 g/mol. The van der Waals surface area contributed by atoms with Crippen LogP contribution in [0.1, 0.15) is 133 Å². The highest BCUT2D eigenvalue weighted by molar-refractivity contribution is 6.28. The number of hydrogen-bond acceptors (Lipinski definition) is 34. The van der Waals surface area contributed by atoms with Gasteiger partial charge in [0.2, 0.25) is 46.6 Å². The van der Waals surface area contributed by atoms with Gasteiger partial charge >= 0.3 is 34.9 Å². The summed E-state index contributed by atoms with van der Waals surface area (Å²) in [5, 5.41) is 41.8. The number of nitro groups is 2. The first-order valence-electron chi connectivity index (χ1n) is 35.0. The van der Waals surface area contributed by atoms with E-state index in [-0.39, 0.29) is 99.1 Å². The fourth-order valence-electron chi connectivity index (χ4n) is 11.8. The van der Waals surface area contributed by atoms with Crippen molar-refractivity contribution in [1.29, 1.82) is 0 Å². The summed E-state index contributed by atoms with van der Waals surface area (Å²) >= 11 is 5.48. The Kier molecular flexibility index (Phi) is 32.1. The Balaban J connectivity index is 0.000000295. The molecule has 0 unspecified atom stereocenters. The number of aryl methyl sites for hydroxylation is 2. The number of rotatable bonds is 30. The molecule has 0 radical (unpaired) electrons. The van der Waals surface area contributed by atoms with Crippen LogP contribution in [0.25, 0.3) is 0 Å². The van der Waals surface area contributed by atoms with Gasteiger partial charge in [-0.1, -0.05) is 24.3 Å². The van der Waals surface area contributed by atoms with Crippen molar-refractivity contribution in [2.24, 2.45) is 5.73 Å². The van der Waals surface area contributed by atoms with Gasteiger partial charge < -0.3 is 110 Å². The molecule has 0 fully saturated rings. The Morgan fingerprint density at radius 3 is 1.20 bits per heavy atom. The Labute approximate surface area is 654 Å². The normalized spacial score (nSPS) is 13.4. The molecule has 11 N–H and O–H groups in total. The van der Waals surface area contributed by atoms with Crippen molar-refractivity contribution in [1.82, 2.24) is 60.7 Å². The molecule has 39 heteroatoms. The summed E-state index contributed by atoms with van der Waals surface area (Å²) in [4.78, 5) is 80.3. The van der Waals surface area contributed by atoms with Crippen LogP contribution in [0.3, 0.4) is 0 Å². The first-order chi connectivity index (χ1) is 53.0. The van der Waals surface area contributed by atoms with E-state index in [1.807, 2.05) is 20.2 Å². The zero-order valence-corrected chi connectivity index (χ0v) is 68.0. The third-order valence-corrected chi connectivity index (χ3v) is 17.2. The molecule has 0 spiro atoms. The Bertz CT molecular complexity index is 4450. The minimum absolute atomic E-state index is 0.0306. The van der Waals surface area contributed by atoms with Crippen molar-refractivity contribution in [2.45, 2.75) is 104 Å². The van der Waals surface area contributed by atoms with Gasteiger partial charge in [-0.3, -0.25) is 29.8 Å². The molecule has 2 aliphatic heterocycles. The highest BCUT2D eigenvalue weighted by Gasteiger charge is 2.45. The van der Waals surface area contributed by atoms with E-state index in [2.05, 4.69) is 180 Å². The number of fused-ring (bicyclic) bond motifs is 2. The Morgan fingerprint density at radius 1 is 0.500 bits per heavy atom. The minimum Gasteiger partial charge on any atom is -0.479 e. The number of aromatic nitrogens is 8. The number of anilines is 5. The second kappa shape index (κ2) is 40.1. The van der Waals surface area contributed by atoms with Crippen LogP contribution >= 0.6 is 11.6 Å². The van der Waals surface area contributed by atoms with E-state index < -0.39 is 32.6 Å². The third kappa shape index (κ3) is 22.7. The number of likely N-dealkylation sites (N-methyl/N-ethyl adjacent to an activating group) is 3. The van der Waals surface area contributed by atoms with Crippen molar-refractivity contribution >= 4 is 64.0 Å². The molecule has 6 aromatic heterocycles. The number of carbonyl (C=O) groups is 2. The maximum Gasteiger partial charge on any atom is 0.392 e. The number of furan rings is 2. The average molecular weight is 1580 g/mol. The number of halogens is 1. The maximum absolute atomic E-state index is 13.5. The molecule has 2 amide bonds. The first-order valence-corrected chi connectivity index (χ1v) is 35.4. The van der Waals surface area contributed by atoms with Crippen LogP contribution in [0.4, 0.5) is 40.6 Å². The number of amides is 2. The molecule has 38 nitrogen and oxygen atoms in total. The molecule has 8 aromatic rings. The van der Waals surface area contributed by atoms with Crippen molar-refractivity contribution in [3.05, 3.63) is 142 Å². The standard InChI is InChI=1S/C46H55N5O8.C9H15N5O4.C9H17N5O2.C6H6ClN3O4.C3H10N2/c1-25-18-31-33(45(7,8)58-43(31,3)4)22-27(25)20-29-14-16-35(56-29)38(52)48-37-39(54-12)49-42(50-40(37)55-13)47-24-51(11)41(53)36-17-15-30(57-36)21-28-23-34-32(19-26(28)2)44(5,6)59-46(34,9)10;1-10-4-5-11-9-12-7(17-2)6(14(15)16)8(13-9)18-3;1-11-4-5-12-9-13-7(15-2)6(10)8(14-9)16-3;1-13-4-3(10(11)12)5(14-2)9-6(7)8-4;1-5-3-2-4/h14-19,22-23H,20-21,24H2,1-13H3,(H,48,52)(H,47,49,50);10H,4-5H2,1-3H3,(H,11,12,13);11H,4-5,10H2,1-3H3,(H,12,13,14);1-2H3;5H,2-4H2,1H3. The van der Waals surface area contributed by atoms with Crippen molar-refractivity contribution in [3.8, 4) is 47.0 Å². The topological polar surface area (TPSA) is 482 Å². The minimum atomic E-state index is -0.700. The molecule has 112 heavy (non-hydrogen) atoms. The lowest BCUT2D eigenvalue weighted by Gasteiger charge is -2.24. The predicted octanol–water partition coefficient (Wildman–Crippen LogP) is 8.83. The number of nitrogens with zero attached hydrogens (tertiary/aromatic N) is 11. The monoisotopic (exact) mass is 1580 g/mol. The van der Waals surface area contributed by atoms with Gasteiger partial charge in [0.1, 0.15) is 11.5 Å². The average Bonchev–Trinajstić information content (AvgIpc) is 1.59. The highest BCUT2D eigenvalue weighted by Crippen LogP contribution is 2.49. The molecule has 610 valence electrons. The summed E-state index contributed by atoms with van der Waals surface area (Å²) in [6.45, 7) is 25.3. The number of nitrogens with two attached hydrogens (primary N) is 2. The summed E-state index contributed by atoms with van der Waals surface area (Å²) in [6, 6.07) is 15.7. The van der Waals surface area contributed by atoms with Gasteiger partial charge in [-0.2, -0.15) is 39.9 Å². The molecule has 0 aliphatic carbocycles. The Hall–Kier alpha value is -11.3. The number of methoxy groups -OCH3 is 8. The largest absolute Gasteiger partial charge is 0.479 e. The zero-order valence-electron chi connectivity index (χ0n) is 67.3. The molecule has 0 bridgehead atoms. The van der Waals surface area contributed by atoms with Gasteiger partial charge in [-0.25, -0.2) is 0 Å². The quantitative estimate of drug-likeness (QED) is 0.00667. The van der Waals surface area contributed by atoms with E-state index >= 15 is 0 Å². The lowest BCUT2D eigenvalue weighted by atomic mass is 9.86. The molecule has 2 aromatic carbocycles. The summed E-state index contributed by atoms with van der Waals surface area (Å²) < 4.78 is 65.0. The van der Waals surface area contributed by atoms with Crippen molar-refractivity contribution in [2.75, 3.05) is 158 Å². The number of nitrogen functional groups attached to an aromatic ring is 1. The van der Waals surface area contributed by atoms with E-state index in [4.69, 9.17) is 69.8 Å². The van der Waals surface area contributed by atoms with Gasteiger partial charge in [0.15, 0.2) is 22.9 Å². The third-order valence-electron chi connectivity index (χ3n) is 17.1. The summed E-state index contributed by atoms with van der Waals surface area (Å²) in [5.74, 6) is 1.46. The number of benzene rings is 2. The number of hydrogen-bond donors (Lipinski definition) is 9. The highest BCUT2D eigenvalue weighted by atomic mass is 35.5. The van der Waals surface area contributed by atoms with Crippen LogP contribution in [0.15, 0.2) is 57.4 Å². The van der Waals surface area contributed by atoms with Crippen LogP contribution in [0.5, 0.6) is 47.0 Å². The molecule has 8 heterocycles. The lowest BCUT2D eigenvalue weighted by Crippen LogP contribution is -2.32. The number of ether oxygens (including phenoxy) is 10. The molecule has 0 atom stereocenters. The van der Waals surface area contributed by atoms with Crippen molar-refractivity contribution < 1.29 is 75.6 Å². The van der Waals surface area contributed by atoms with E-state index in [0.717, 1.165) is 53.0 Å². The van der Waals surface area contributed by atoms with Crippen LogP contribution < -0.4 is 86.6 Å². The fourth-order valence-corrected chi connectivity index (χ4v) is 11.9.